The van der Waals surface area contributed by atoms with Crippen molar-refractivity contribution in [1.29, 1.82) is 0 Å². The van der Waals surface area contributed by atoms with E-state index in [1.54, 1.807) is 23.1 Å². The molecular formula is C17H22FN5O2. The summed E-state index contributed by atoms with van der Waals surface area (Å²) in [7, 11) is 0. The monoisotopic (exact) mass is 347 g/mol. The van der Waals surface area contributed by atoms with Crippen LogP contribution in [0.15, 0.2) is 36.9 Å². The van der Waals surface area contributed by atoms with Crippen molar-refractivity contribution in [2.45, 2.75) is 25.4 Å². The van der Waals surface area contributed by atoms with Gasteiger partial charge in [0.05, 0.1) is 19.6 Å². The zero-order valence-electron chi connectivity index (χ0n) is 14.0. The van der Waals surface area contributed by atoms with Gasteiger partial charge in [-0.3, -0.25) is 14.4 Å². The fourth-order valence-corrected chi connectivity index (χ4v) is 3.01. The number of nitrogens with one attached hydrogen (secondary N) is 1. The van der Waals surface area contributed by atoms with Crippen molar-refractivity contribution in [2.75, 3.05) is 26.2 Å². The van der Waals surface area contributed by atoms with Gasteiger partial charge in [0.1, 0.15) is 30.8 Å². The summed E-state index contributed by atoms with van der Waals surface area (Å²) in [6, 6.07) is 6.26. The van der Waals surface area contributed by atoms with Gasteiger partial charge in [0.25, 0.3) is 0 Å². The van der Waals surface area contributed by atoms with E-state index < -0.39 is 0 Å². The topological polar surface area (TPSA) is 72.3 Å². The Kier molecular flexibility index (Phi) is 5.95. The Bertz CT molecular complexity index is 679. The summed E-state index contributed by atoms with van der Waals surface area (Å²) in [5, 5.41) is 6.96. The van der Waals surface area contributed by atoms with Gasteiger partial charge in [0.15, 0.2) is 0 Å². The van der Waals surface area contributed by atoms with Crippen LogP contribution in [0.5, 0.6) is 5.75 Å². The second-order valence-corrected chi connectivity index (χ2v) is 6.04. The molecule has 1 fully saturated rings. The lowest BCUT2D eigenvalue weighted by Gasteiger charge is -2.23. The van der Waals surface area contributed by atoms with Crippen LogP contribution in [-0.4, -0.2) is 57.9 Å². The molecule has 1 unspecified atom stereocenters. The lowest BCUT2D eigenvalue weighted by Crippen LogP contribution is -2.42. The van der Waals surface area contributed by atoms with Gasteiger partial charge in [-0.2, -0.15) is 5.10 Å². The van der Waals surface area contributed by atoms with Crippen LogP contribution in [-0.2, 0) is 11.3 Å². The van der Waals surface area contributed by atoms with Gasteiger partial charge in [-0.15, -0.1) is 0 Å². The molecule has 1 N–H and O–H groups in total. The van der Waals surface area contributed by atoms with Crippen molar-refractivity contribution in [3.8, 4) is 5.75 Å². The Balaban J connectivity index is 1.37. The summed E-state index contributed by atoms with van der Waals surface area (Å²) >= 11 is 0. The molecule has 1 amide bonds. The molecule has 1 aliphatic heterocycles. The van der Waals surface area contributed by atoms with E-state index in [-0.39, 0.29) is 11.7 Å². The lowest BCUT2D eigenvalue weighted by molar-refractivity contribution is -0.122. The number of hydrogen-bond donors (Lipinski definition) is 1. The molecule has 0 saturated carbocycles. The Labute approximate surface area is 145 Å². The number of aromatic nitrogens is 3. The third-order valence-corrected chi connectivity index (χ3v) is 4.20. The molecular weight excluding hydrogens is 325 g/mol. The van der Waals surface area contributed by atoms with Crippen molar-refractivity contribution in [1.82, 2.24) is 25.0 Å². The molecule has 0 bridgehead atoms. The van der Waals surface area contributed by atoms with Crippen LogP contribution in [0, 0.1) is 5.82 Å². The van der Waals surface area contributed by atoms with E-state index in [0.29, 0.717) is 31.5 Å². The van der Waals surface area contributed by atoms with Gasteiger partial charge in [0, 0.05) is 12.1 Å². The Morgan fingerprint density at radius 1 is 1.44 bits per heavy atom. The number of amides is 1. The lowest BCUT2D eigenvalue weighted by atomic mass is 10.2. The van der Waals surface area contributed by atoms with Crippen molar-refractivity contribution in [3.05, 3.63) is 42.7 Å². The number of likely N-dealkylation sites (tertiary alicyclic amines) is 1. The summed E-state index contributed by atoms with van der Waals surface area (Å²) < 4.78 is 20.2. The van der Waals surface area contributed by atoms with Crippen molar-refractivity contribution in [2.24, 2.45) is 0 Å². The van der Waals surface area contributed by atoms with Crippen LogP contribution in [0.3, 0.4) is 0 Å². The number of carbonyl (C=O) groups excluding carboxylic acids is 1. The first-order chi connectivity index (χ1) is 12.2. The maximum Gasteiger partial charge on any atom is 0.234 e. The number of hydrogen-bond acceptors (Lipinski definition) is 5. The molecule has 2 aromatic rings. The molecule has 134 valence electrons. The molecule has 3 rings (SSSR count). The zero-order valence-corrected chi connectivity index (χ0v) is 14.0. The average molecular weight is 347 g/mol. The first-order valence-corrected chi connectivity index (χ1v) is 8.42. The summed E-state index contributed by atoms with van der Waals surface area (Å²) in [5.74, 6) is 0.0870. The summed E-state index contributed by atoms with van der Waals surface area (Å²) in [5.41, 5.74) is 0. The van der Waals surface area contributed by atoms with Crippen LogP contribution in [0.2, 0.25) is 0 Å². The molecule has 0 aliphatic carbocycles. The minimum atomic E-state index is -0.339. The Hall–Kier alpha value is -2.48. The van der Waals surface area contributed by atoms with E-state index in [9.17, 15) is 9.18 Å². The number of halogens is 1. The minimum Gasteiger partial charge on any atom is -0.492 e. The first-order valence-electron chi connectivity index (χ1n) is 8.42. The van der Waals surface area contributed by atoms with E-state index >= 15 is 0 Å². The van der Waals surface area contributed by atoms with Gasteiger partial charge in [0.2, 0.25) is 5.91 Å². The molecule has 2 heterocycles. The molecule has 7 nitrogen and oxygen atoms in total. The van der Waals surface area contributed by atoms with Gasteiger partial charge in [-0.1, -0.05) is 6.07 Å². The van der Waals surface area contributed by atoms with Crippen LogP contribution < -0.4 is 10.1 Å². The van der Waals surface area contributed by atoms with Crippen LogP contribution in [0.1, 0.15) is 12.8 Å². The van der Waals surface area contributed by atoms with E-state index in [4.69, 9.17) is 4.74 Å². The summed E-state index contributed by atoms with van der Waals surface area (Å²) in [6.07, 6.45) is 5.34. The quantitative estimate of drug-likeness (QED) is 0.724. The highest BCUT2D eigenvalue weighted by molar-refractivity contribution is 5.78. The summed E-state index contributed by atoms with van der Waals surface area (Å²) in [4.78, 5) is 18.2. The maximum absolute atomic E-state index is 13.0. The molecule has 1 aromatic carbocycles. The fraction of sp³-hybridized carbons (Fsp3) is 0.471. The van der Waals surface area contributed by atoms with Gasteiger partial charge >= 0.3 is 0 Å². The van der Waals surface area contributed by atoms with Crippen molar-refractivity contribution >= 4 is 5.91 Å². The number of benzene rings is 1. The first kappa shape index (κ1) is 17.3. The molecule has 0 radical (unpaired) electrons. The second kappa shape index (κ2) is 8.57. The third kappa shape index (κ3) is 5.25. The average Bonchev–Trinajstić information content (AvgIpc) is 3.25. The molecule has 1 atom stereocenters. The largest absolute Gasteiger partial charge is 0.492 e. The Morgan fingerprint density at radius 3 is 3.16 bits per heavy atom. The highest BCUT2D eigenvalue weighted by atomic mass is 19.1. The standard InChI is InChI=1S/C17H22FN5O2/c18-14-3-1-5-16(9-14)25-8-6-20-17(24)11-22-7-2-4-15(22)10-23-13-19-12-21-23/h1,3,5,9,12-13,15H,2,4,6-8,10-11H2,(H,20,24). The number of ether oxygens (including phenoxy) is 1. The highest BCUT2D eigenvalue weighted by Gasteiger charge is 2.26. The van der Waals surface area contributed by atoms with E-state index in [1.807, 2.05) is 0 Å². The predicted octanol–water partition coefficient (Wildman–Crippen LogP) is 1.08. The SMILES string of the molecule is O=C(CN1CCCC1Cn1cncn1)NCCOc1cccc(F)c1. The van der Waals surface area contributed by atoms with Gasteiger partial charge < -0.3 is 10.1 Å². The van der Waals surface area contributed by atoms with Crippen LogP contribution in [0.25, 0.3) is 0 Å². The van der Waals surface area contributed by atoms with Crippen LogP contribution in [0.4, 0.5) is 4.39 Å². The van der Waals surface area contributed by atoms with Crippen molar-refractivity contribution < 1.29 is 13.9 Å². The van der Waals surface area contributed by atoms with E-state index in [2.05, 4.69) is 20.3 Å². The third-order valence-electron chi connectivity index (χ3n) is 4.20. The molecule has 1 aromatic heterocycles. The maximum atomic E-state index is 13.0. The number of carbonyl (C=O) groups is 1. The molecule has 25 heavy (non-hydrogen) atoms. The van der Waals surface area contributed by atoms with E-state index in [0.717, 1.165) is 25.9 Å². The number of nitrogens with zero attached hydrogens (tertiary/aromatic N) is 4. The molecule has 0 spiro atoms. The second-order valence-electron chi connectivity index (χ2n) is 6.04. The van der Waals surface area contributed by atoms with Crippen molar-refractivity contribution in [3.63, 3.8) is 0 Å². The van der Waals surface area contributed by atoms with Crippen LogP contribution >= 0.6 is 0 Å². The predicted molar refractivity (Wildman–Crippen MR) is 89.5 cm³/mol. The normalized spacial score (nSPS) is 17.6. The van der Waals surface area contributed by atoms with E-state index in [1.165, 1.54) is 18.5 Å². The molecule has 1 saturated heterocycles. The highest BCUT2D eigenvalue weighted by Crippen LogP contribution is 2.18. The smallest absolute Gasteiger partial charge is 0.234 e. The molecule has 8 heteroatoms. The van der Waals surface area contributed by atoms with Gasteiger partial charge in [-0.05, 0) is 31.5 Å². The fourth-order valence-electron chi connectivity index (χ4n) is 3.01. The Morgan fingerprint density at radius 2 is 2.36 bits per heavy atom. The number of rotatable bonds is 8. The zero-order chi connectivity index (χ0) is 17.5. The molecule has 1 aliphatic rings. The minimum absolute atomic E-state index is 0.0340. The summed E-state index contributed by atoms with van der Waals surface area (Å²) in [6.45, 7) is 2.70. The van der Waals surface area contributed by atoms with Gasteiger partial charge in [-0.25, -0.2) is 9.37 Å².